The van der Waals surface area contributed by atoms with Crippen molar-refractivity contribution >= 4 is 11.8 Å². The van der Waals surface area contributed by atoms with Crippen molar-refractivity contribution in [1.82, 2.24) is 15.1 Å². The molecule has 2 rings (SSSR count). The van der Waals surface area contributed by atoms with Crippen molar-refractivity contribution in [1.29, 1.82) is 0 Å². The average Bonchev–Trinajstić information content (AvgIpc) is 2.94. The molecule has 19 heavy (non-hydrogen) atoms. The van der Waals surface area contributed by atoms with Crippen LogP contribution in [0, 0.1) is 0 Å². The zero-order valence-corrected chi connectivity index (χ0v) is 12.0. The van der Waals surface area contributed by atoms with E-state index >= 15 is 0 Å². The Balaban J connectivity index is 2.20. The Hall–Kier alpha value is -1.40. The molecule has 2 heterocycles. The van der Waals surface area contributed by atoms with E-state index in [9.17, 15) is 0 Å². The summed E-state index contributed by atoms with van der Waals surface area (Å²) >= 11 is 1.75. The maximum absolute atomic E-state index is 6.01. The van der Waals surface area contributed by atoms with Crippen LogP contribution in [0.25, 0.3) is 11.5 Å². The van der Waals surface area contributed by atoms with Gasteiger partial charge in [0.2, 0.25) is 11.7 Å². The number of nitrogens with zero attached hydrogens (tertiary/aromatic N) is 3. The van der Waals surface area contributed by atoms with Crippen molar-refractivity contribution in [2.24, 2.45) is 5.73 Å². The second kappa shape index (κ2) is 6.68. The van der Waals surface area contributed by atoms with Gasteiger partial charge in [-0.1, -0.05) is 18.1 Å². The van der Waals surface area contributed by atoms with Gasteiger partial charge in [-0.2, -0.15) is 16.7 Å². The van der Waals surface area contributed by atoms with Gasteiger partial charge in [0.05, 0.1) is 6.04 Å². The molecule has 0 radical (unpaired) electrons. The molecule has 0 aromatic carbocycles. The number of thioether (sulfide) groups is 1. The van der Waals surface area contributed by atoms with E-state index in [1.165, 1.54) is 0 Å². The number of aromatic nitrogens is 3. The minimum Gasteiger partial charge on any atom is -0.337 e. The Morgan fingerprint density at radius 1 is 1.47 bits per heavy atom. The number of nitrogens with two attached hydrogens (primary N) is 1. The standard InChI is InChI=1S/C13H18N4OS/c1-3-9-5-4-7-15-11(9)12-16-13(18-17-12)10(14)6-8-19-2/h4-5,7,10H,3,6,8,14H2,1-2H3/t10-/m0/s1. The topological polar surface area (TPSA) is 77.8 Å². The monoisotopic (exact) mass is 278 g/mol. The van der Waals surface area contributed by atoms with Crippen LogP contribution in [0.4, 0.5) is 0 Å². The third kappa shape index (κ3) is 3.33. The number of aryl methyl sites for hydroxylation is 1. The molecule has 0 fully saturated rings. The molecular weight excluding hydrogens is 260 g/mol. The minimum absolute atomic E-state index is 0.206. The summed E-state index contributed by atoms with van der Waals surface area (Å²) in [5, 5.41) is 3.99. The van der Waals surface area contributed by atoms with Crippen molar-refractivity contribution in [3.63, 3.8) is 0 Å². The van der Waals surface area contributed by atoms with Crippen molar-refractivity contribution in [2.45, 2.75) is 25.8 Å². The van der Waals surface area contributed by atoms with Crippen LogP contribution < -0.4 is 5.73 Å². The van der Waals surface area contributed by atoms with Crippen LogP contribution in [0.15, 0.2) is 22.9 Å². The van der Waals surface area contributed by atoms with Gasteiger partial charge in [-0.15, -0.1) is 0 Å². The summed E-state index contributed by atoms with van der Waals surface area (Å²) in [7, 11) is 0. The Morgan fingerprint density at radius 2 is 2.32 bits per heavy atom. The molecule has 2 N–H and O–H groups in total. The summed E-state index contributed by atoms with van der Waals surface area (Å²) in [6, 6.07) is 3.72. The summed E-state index contributed by atoms with van der Waals surface area (Å²) in [5.41, 5.74) is 7.89. The largest absolute Gasteiger partial charge is 0.337 e. The first-order valence-electron chi connectivity index (χ1n) is 6.28. The lowest BCUT2D eigenvalue weighted by Crippen LogP contribution is -2.11. The van der Waals surface area contributed by atoms with Crippen molar-refractivity contribution in [2.75, 3.05) is 12.0 Å². The van der Waals surface area contributed by atoms with Crippen LogP contribution in [0.2, 0.25) is 0 Å². The van der Waals surface area contributed by atoms with Gasteiger partial charge in [0, 0.05) is 6.20 Å². The summed E-state index contributed by atoms with van der Waals surface area (Å²) in [6.45, 7) is 2.08. The van der Waals surface area contributed by atoms with E-state index in [0.717, 1.165) is 29.9 Å². The number of rotatable bonds is 6. The van der Waals surface area contributed by atoms with Crippen molar-refractivity contribution in [3.05, 3.63) is 29.8 Å². The lowest BCUT2D eigenvalue weighted by Gasteiger charge is -2.04. The van der Waals surface area contributed by atoms with Gasteiger partial charge >= 0.3 is 0 Å². The third-order valence-corrected chi connectivity index (χ3v) is 3.52. The Labute approximate surface area is 117 Å². The lowest BCUT2D eigenvalue weighted by atomic mass is 10.1. The quantitative estimate of drug-likeness (QED) is 0.874. The lowest BCUT2D eigenvalue weighted by molar-refractivity contribution is 0.353. The average molecular weight is 278 g/mol. The van der Waals surface area contributed by atoms with E-state index in [0.29, 0.717) is 11.7 Å². The molecule has 0 amide bonds. The molecule has 0 unspecified atom stereocenters. The number of hydrogen-bond donors (Lipinski definition) is 1. The molecule has 0 aliphatic heterocycles. The Kier molecular flexibility index (Phi) is 4.93. The van der Waals surface area contributed by atoms with Gasteiger partial charge in [-0.25, -0.2) is 0 Å². The first kappa shape index (κ1) is 14.0. The van der Waals surface area contributed by atoms with Crippen LogP contribution in [0.3, 0.4) is 0 Å². The molecule has 1 atom stereocenters. The van der Waals surface area contributed by atoms with Crippen LogP contribution in [-0.2, 0) is 6.42 Å². The fourth-order valence-electron chi connectivity index (χ4n) is 1.78. The second-order valence-corrected chi connectivity index (χ2v) is 5.19. The molecule has 0 aliphatic rings. The highest BCUT2D eigenvalue weighted by molar-refractivity contribution is 7.98. The Morgan fingerprint density at radius 3 is 3.05 bits per heavy atom. The van der Waals surface area contributed by atoms with Crippen LogP contribution in [0.5, 0.6) is 0 Å². The molecule has 2 aromatic rings. The van der Waals surface area contributed by atoms with Crippen molar-refractivity contribution < 1.29 is 4.52 Å². The second-order valence-electron chi connectivity index (χ2n) is 4.21. The number of hydrogen-bond acceptors (Lipinski definition) is 6. The van der Waals surface area contributed by atoms with E-state index in [1.54, 1.807) is 18.0 Å². The fraction of sp³-hybridized carbons (Fsp3) is 0.462. The SMILES string of the molecule is CCc1cccnc1-c1noc([C@@H](N)CCSC)n1. The fourth-order valence-corrected chi connectivity index (χ4v) is 2.27. The van der Waals surface area contributed by atoms with Crippen molar-refractivity contribution in [3.8, 4) is 11.5 Å². The summed E-state index contributed by atoms with van der Waals surface area (Å²) in [5.74, 6) is 1.98. The molecule has 102 valence electrons. The third-order valence-electron chi connectivity index (χ3n) is 2.88. The Bertz CT molecular complexity index is 529. The van der Waals surface area contributed by atoms with Crippen LogP contribution in [-0.4, -0.2) is 27.1 Å². The predicted molar refractivity (Wildman–Crippen MR) is 76.8 cm³/mol. The molecule has 6 heteroatoms. The zero-order chi connectivity index (χ0) is 13.7. The van der Waals surface area contributed by atoms with E-state index < -0.39 is 0 Å². The molecular formula is C13H18N4OS. The molecule has 0 spiro atoms. The van der Waals surface area contributed by atoms with Crippen LogP contribution in [0.1, 0.15) is 30.8 Å². The van der Waals surface area contributed by atoms with Gasteiger partial charge in [0.1, 0.15) is 5.69 Å². The molecule has 0 saturated carbocycles. The summed E-state index contributed by atoms with van der Waals surface area (Å²) < 4.78 is 5.24. The van der Waals surface area contributed by atoms with Gasteiger partial charge in [0.25, 0.3) is 0 Å². The smallest absolute Gasteiger partial charge is 0.243 e. The first-order chi connectivity index (χ1) is 9.26. The maximum Gasteiger partial charge on any atom is 0.243 e. The van der Waals surface area contributed by atoms with E-state index in [1.807, 2.05) is 18.4 Å². The van der Waals surface area contributed by atoms with Crippen LogP contribution >= 0.6 is 11.8 Å². The highest BCUT2D eigenvalue weighted by Gasteiger charge is 2.17. The molecule has 0 aliphatic carbocycles. The molecule has 5 nitrogen and oxygen atoms in total. The predicted octanol–water partition coefficient (Wildman–Crippen LogP) is 2.45. The van der Waals surface area contributed by atoms with E-state index in [4.69, 9.17) is 10.3 Å². The number of pyridine rings is 1. The molecule has 2 aromatic heterocycles. The highest BCUT2D eigenvalue weighted by Crippen LogP contribution is 2.21. The molecule has 0 bridgehead atoms. The normalized spacial score (nSPS) is 12.6. The first-order valence-corrected chi connectivity index (χ1v) is 7.68. The van der Waals surface area contributed by atoms with Gasteiger partial charge in [-0.3, -0.25) is 4.98 Å². The summed E-state index contributed by atoms with van der Waals surface area (Å²) in [6.07, 6.45) is 5.49. The zero-order valence-electron chi connectivity index (χ0n) is 11.2. The van der Waals surface area contributed by atoms with Gasteiger partial charge in [0.15, 0.2) is 0 Å². The van der Waals surface area contributed by atoms with E-state index in [-0.39, 0.29) is 6.04 Å². The van der Waals surface area contributed by atoms with Gasteiger partial charge in [-0.05, 0) is 36.5 Å². The minimum atomic E-state index is -0.206. The van der Waals surface area contributed by atoms with E-state index in [2.05, 4.69) is 22.0 Å². The van der Waals surface area contributed by atoms with Gasteiger partial charge < -0.3 is 10.3 Å². The maximum atomic E-state index is 6.01. The highest BCUT2D eigenvalue weighted by atomic mass is 32.2. The molecule has 0 saturated heterocycles. The summed E-state index contributed by atoms with van der Waals surface area (Å²) in [4.78, 5) is 8.69.